The van der Waals surface area contributed by atoms with E-state index in [1.807, 2.05) is 6.07 Å². The molecule has 30 heavy (non-hydrogen) atoms. The molecule has 8 heteroatoms. The number of hydrazone groups is 1. The molecule has 0 heterocycles. The molecular weight excluding hydrogens is 386 g/mol. The van der Waals surface area contributed by atoms with Gasteiger partial charge in [-0.25, -0.2) is 5.43 Å². The van der Waals surface area contributed by atoms with Gasteiger partial charge in [0.15, 0.2) is 18.1 Å². The van der Waals surface area contributed by atoms with E-state index < -0.39 is 5.41 Å². The van der Waals surface area contributed by atoms with E-state index in [9.17, 15) is 9.59 Å². The Labute approximate surface area is 176 Å². The molecule has 0 radical (unpaired) electrons. The van der Waals surface area contributed by atoms with Gasteiger partial charge in [0.25, 0.3) is 5.91 Å². The standard InChI is InChI=1S/C22H27N3O5/c1-22(2,3)21(27)25-23-13-15-10-11-18(19(12-15)29-5)30-14-20(26)24-16-8-6-7-9-17(16)28-4/h6-13H,14H2,1-5H3,(H,24,26)(H,25,27)/b23-13+. The number of methoxy groups -OCH3 is 2. The van der Waals surface area contributed by atoms with E-state index in [-0.39, 0.29) is 18.4 Å². The summed E-state index contributed by atoms with van der Waals surface area (Å²) >= 11 is 0. The molecule has 8 nitrogen and oxygen atoms in total. The minimum atomic E-state index is -0.531. The van der Waals surface area contributed by atoms with Crippen LogP contribution in [0.1, 0.15) is 26.3 Å². The number of hydrogen-bond donors (Lipinski definition) is 2. The van der Waals surface area contributed by atoms with Gasteiger partial charge < -0.3 is 19.5 Å². The highest BCUT2D eigenvalue weighted by atomic mass is 16.5. The molecule has 2 aromatic rings. The zero-order valence-corrected chi connectivity index (χ0v) is 17.8. The molecule has 0 atom stereocenters. The first-order valence-electron chi connectivity index (χ1n) is 9.32. The molecule has 0 saturated carbocycles. The zero-order valence-electron chi connectivity index (χ0n) is 17.8. The summed E-state index contributed by atoms with van der Waals surface area (Å²) in [7, 11) is 3.03. The average Bonchev–Trinajstić information content (AvgIpc) is 2.72. The number of amides is 2. The molecule has 2 N–H and O–H groups in total. The molecule has 0 aliphatic heterocycles. The van der Waals surface area contributed by atoms with Crippen LogP contribution in [-0.2, 0) is 9.59 Å². The van der Waals surface area contributed by atoms with Crippen molar-refractivity contribution >= 4 is 23.7 Å². The summed E-state index contributed by atoms with van der Waals surface area (Å²) < 4.78 is 16.1. The van der Waals surface area contributed by atoms with Crippen LogP contribution >= 0.6 is 0 Å². The highest BCUT2D eigenvalue weighted by Crippen LogP contribution is 2.28. The number of benzene rings is 2. The fraction of sp³-hybridized carbons (Fsp3) is 0.318. The second-order valence-corrected chi connectivity index (χ2v) is 7.40. The Hall–Kier alpha value is -3.55. The summed E-state index contributed by atoms with van der Waals surface area (Å²) in [6, 6.07) is 12.2. The van der Waals surface area contributed by atoms with E-state index in [0.717, 1.165) is 0 Å². The average molecular weight is 413 g/mol. The first-order chi connectivity index (χ1) is 14.2. The Morgan fingerprint density at radius 3 is 2.37 bits per heavy atom. The number of carbonyl (C=O) groups is 2. The lowest BCUT2D eigenvalue weighted by Gasteiger charge is -2.14. The summed E-state index contributed by atoms with van der Waals surface area (Å²) in [4.78, 5) is 24.0. The molecule has 0 saturated heterocycles. The van der Waals surface area contributed by atoms with E-state index in [0.29, 0.717) is 28.5 Å². The van der Waals surface area contributed by atoms with E-state index in [1.54, 1.807) is 57.2 Å². The number of hydrogen-bond acceptors (Lipinski definition) is 6. The number of para-hydroxylation sites is 2. The smallest absolute Gasteiger partial charge is 0.262 e. The highest BCUT2D eigenvalue weighted by Gasteiger charge is 2.20. The molecule has 0 unspecified atom stereocenters. The van der Waals surface area contributed by atoms with Crippen LogP contribution in [0.4, 0.5) is 5.69 Å². The van der Waals surface area contributed by atoms with Gasteiger partial charge in [0.05, 0.1) is 26.1 Å². The predicted molar refractivity (Wildman–Crippen MR) is 115 cm³/mol. The summed E-state index contributed by atoms with van der Waals surface area (Å²) in [5.41, 5.74) is 3.22. The Kier molecular flexibility index (Phi) is 7.80. The molecule has 0 aliphatic rings. The van der Waals surface area contributed by atoms with Crippen molar-refractivity contribution in [2.45, 2.75) is 20.8 Å². The van der Waals surface area contributed by atoms with Crippen LogP contribution in [0.3, 0.4) is 0 Å². The number of ether oxygens (including phenoxy) is 3. The zero-order chi connectivity index (χ0) is 22.1. The molecule has 0 aliphatic carbocycles. The number of nitrogens with zero attached hydrogens (tertiary/aromatic N) is 1. The van der Waals surface area contributed by atoms with E-state index in [4.69, 9.17) is 14.2 Å². The van der Waals surface area contributed by atoms with Crippen LogP contribution in [0.5, 0.6) is 17.2 Å². The fourth-order valence-electron chi connectivity index (χ4n) is 2.29. The van der Waals surface area contributed by atoms with Crippen molar-refractivity contribution in [3.63, 3.8) is 0 Å². The third-order valence-corrected chi connectivity index (χ3v) is 3.99. The summed E-state index contributed by atoms with van der Waals surface area (Å²) in [6.07, 6.45) is 1.50. The molecule has 0 bridgehead atoms. The van der Waals surface area contributed by atoms with Crippen molar-refractivity contribution in [1.82, 2.24) is 5.43 Å². The third-order valence-electron chi connectivity index (χ3n) is 3.99. The Morgan fingerprint density at radius 1 is 1.00 bits per heavy atom. The lowest BCUT2D eigenvalue weighted by molar-refractivity contribution is -0.128. The summed E-state index contributed by atoms with van der Waals surface area (Å²) in [5, 5.41) is 6.69. The number of carbonyl (C=O) groups excluding carboxylic acids is 2. The Balaban J connectivity index is 1.98. The number of nitrogens with one attached hydrogen (secondary N) is 2. The Bertz CT molecular complexity index is 919. The van der Waals surface area contributed by atoms with Gasteiger partial charge in [-0.1, -0.05) is 32.9 Å². The second-order valence-electron chi connectivity index (χ2n) is 7.40. The van der Waals surface area contributed by atoms with Crippen molar-refractivity contribution in [2.75, 3.05) is 26.1 Å². The molecule has 0 spiro atoms. The van der Waals surface area contributed by atoms with Crippen LogP contribution in [0.25, 0.3) is 0 Å². The Morgan fingerprint density at radius 2 is 1.70 bits per heavy atom. The second kappa shape index (κ2) is 10.3. The lowest BCUT2D eigenvalue weighted by Crippen LogP contribution is -2.31. The molecule has 2 rings (SSSR count). The third kappa shape index (κ3) is 6.51. The quantitative estimate of drug-likeness (QED) is 0.511. The number of anilines is 1. The van der Waals surface area contributed by atoms with Crippen molar-refractivity contribution in [3.8, 4) is 17.2 Å². The summed E-state index contributed by atoms with van der Waals surface area (Å²) in [6.45, 7) is 5.20. The molecule has 0 aromatic heterocycles. The monoisotopic (exact) mass is 413 g/mol. The first kappa shape index (κ1) is 22.7. The van der Waals surface area contributed by atoms with E-state index >= 15 is 0 Å². The summed E-state index contributed by atoms with van der Waals surface area (Å²) in [5.74, 6) is 0.879. The normalized spacial score (nSPS) is 11.1. The lowest BCUT2D eigenvalue weighted by atomic mass is 9.96. The van der Waals surface area contributed by atoms with Gasteiger partial charge >= 0.3 is 0 Å². The van der Waals surface area contributed by atoms with E-state index in [2.05, 4.69) is 15.8 Å². The van der Waals surface area contributed by atoms with Gasteiger partial charge in [0.1, 0.15) is 5.75 Å². The van der Waals surface area contributed by atoms with Gasteiger partial charge in [0, 0.05) is 5.41 Å². The van der Waals surface area contributed by atoms with Crippen LogP contribution in [0.2, 0.25) is 0 Å². The molecule has 160 valence electrons. The maximum Gasteiger partial charge on any atom is 0.262 e. The minimum Gasteiger partial charge on any atom is -0.495 e. The topological polar surface area (TPSA) is 98.3 Å². The van der Waals surface area contributed by atoms with Crippen molar-refractivity contribution in [3.05, 3.63) is 48.0 Å². The first-order valence-corrected chi connectivity index (χ1v) is 9.32. The van der Waals surface area contributed by atoms with E-state index in [1.165, 1.54) is 20.4 Å². The maximum atomic E-state index is 12.2. The van der Waals surface area contributed by atoms with Crippen molar-refractivity contribution < 1.29 is 23.8 Å². The van der Waals surface area contributed by atoms with Crippen LogP contribution in [0.15, 0.2) is 47.6 Å². The SMILES string of the molecule is COc1ccccc1NC(=O)COc1ccc(/C=N/NC(=O)C(C)(C)C)cc1OC. The molecule has 2 aromatic carbocycles. The van der Waals surface area contributed by atoms with Gasteiger partial charge in [-0.3, -0.25) is 9.59 Å². The van der Waals surface area contributed by atoms with Crippen molar-refractivity contribution in [2.24, 2.45) is 10.5 Å². The van der Waals surface area contributed by atoms with Gasteiger partial charge in [0.2, 0.25) is 5.91 Å². The molecular formula is C22H27N3O5. The highest BCUT2D eigenvalue weighted by molar-refractivity contribution is 5.93. The minimum absolute atomic E-state index is 0.188. The molecule has 0 fully saturated rings. The van der Waals surface area contributed by atoms with Gasteiger partial charge in [-0.15, -0.1) is 0 Å². The van der Waals surface area contributed by atoms with Crippen LogP contribution in [-0.4, -0.2) is 38.9 Å². The van der Waals surface area contributed by atoms with Crippen molar-refractivity contribution in [1.29, 1.82) is 0 Å². The van der Waals surface area contributed by atoms with Gasteiger partial charge in [-0.2, -0.15) is 5.10 Å². The predicted octanol–water partition coefficient (Wildman–Crippen LogP) is 3.22. The molecule has 2 amide bonds. The maximum absolute atomic E-state index is 12.2. The largest absolute Gasteiger partial charge is 0.495 e. The van der Waals surface area contributed by atoms with Crippen LogP contribution in [0, 0.1) is 5.41 Å². The fourth-order valence-corrected chi connectivity index (χ4v) is 2.29. The number of rotatable bonds is 8. The van der Waals surface area contributed by atoms with Gasteiger partial charge in [-0.05, 0) is 35.9 Å². The van der Waals surface area contributed by atoms with Crippen LogP contribution < -0.4 is 25.0 Å².